The third kappa shape index (κ3) is 2.89. The van der Waals surface area contributed by atoms with E-state index in [0.29, 0.717) is 17.0 Å². The van der Waals surface area contributed by atoms with Crippen LogP contribution in [0.25, 0.3) is 10.6 Å². The van der Waals surface area contributed by atoms with E-state index in [2.05, 4.69) is 14.7 Å². The van der Waals surface area contributed by atoms with E-state index in [0.717, 1.165) is 11.9 Å². The Hall–Kier alpha value is -1.82. The van der Waals surface area contributed by atoms with Crippen molar-refractivity contribution in [2.75, 3.05) is 7.11 Å². The van der Waals surface area contributed by atoms with Gasteiger partial charge in [0.1, 0.15) is 5.01 Å². The van der Waals surface area contributed by atoms with Crippen LogP contribution in [0.4, 0.5) is 4.39 Å². The summed E-state index contributed by atoms with van der Waals surface area (Å²) < 4.78 is 18.0. The van der Waals surface area contributed by atoms with Crippen LogP contribution < -0.4 is 0 Å². The number of halogens is 1. The number of pyridine rings is 1. The number of rotatable bonds is 4. The van der Waals surface area contributed by atoms with Crippen LogP contribution in [-0.2, 0) is 16.0 Å². The molecular formula is C12H11FN2O2S. The predicted molar refractivity (Wildman–Crippen MR) is 65.6 cm³/mol. The van der Waals surface area contributed by atoms with E-state index in [1.165, 1.54) is 24.6 Å². The summed E-state index contributed by atoms with van der Waals surface area (Å²) in [6.07, 6.45) is 3.45. The molecule has 0 unspecified atom stereocenters. The second-order valence-corrected chi connectivity index (χ2v) is 4.43. The number of esters is 1. The van der Waals surface area contributed by atoms with Crippen LogP contribution in [0.3, 0.4) is 0 Å². The molecule has 2 aromatic rings. The van der Waals surface area contributed by atoms with Crippen molar-refractivity contribution in [2.45, 2.75) is 12.8 Å². The number of hydrogen-bond acceptors (Lipinski definition) is 5. The average molecular weight is 266 g/mol. The van der Waals surface area contributed by atoms with Gasteiger partial charge in [0.05, 0.1) is 25.4 Å². The lowest BCUT2D eigenvalue weighted by Crippen LogP contribution is -2.01. The summed E-state index contributed by atoms with van der Waals surface area (Å²) in [6.45, 7) is 0. The number of thiazole rings is 1. The molecule has 2 aromatic heterocycles. The lowest BCUT2D eigenvalue weighted by atomic mass is 10.2. The molecule has 0 aliphatic rings. The minimum absolute atomic E-state index is 0.276. The van der Waals surface area contributed by atoms with Crippen molar-refractivity contribution in [3.05, 3.63) is 35.4 Å². The van der Waals surface area contributed by atoms with E-state index in [-0.39, 0.29) is 12.4 Å². The van der Waals surface area contributed by atoms with E-state index in [4.69, 9.17) is 0 Å². The number of hydrogen-bond donors (Lipinski definition) is 0. The molecule has 0 aromatic carbocycles. The summed E-state index contributed by atoms with van der Waals surface area (Å²) in [5, 5.41) is 2.41. The molecule has 18 heavy (non-hydrogen) atoms. The number of aromatic nitrogens is 2. The zero-order valence-electron chi connectivity index (χ0n) is 9.72. The summed E-state index contributed by atoms with van der Waals surface area (Å²) in [5.41, 5.74) is 1.19. The molecule has 0 atom stereocenters. The van der Waals surface area contributed by atoms with Crippen molar-refractivity contribution in [3.63, 3.8) is 0 Å². The second-order valence-electron chi connectivity index (χ2n) is 3.58. The smallest absolute Gasteiger partial charge is 0.305 e. The fourth-order valence-corrected chi connectivity index (χ4v) is 2.31. The first kappa shape index (κ1) is 12.6. The highest BCUT2D eigenvalue weighted by atomic mass is 32.1. The first-order valence-corrected chi connectivity index (χ1v) is 6.20. The van der Waals surface area contributed by atoms with Crippen LogP contribution in [0.1, 0.15) is 12.1 Å². The number of ether oxygens (including phenoxy) is 1. The van der Waals surface area contributed by atoms with E-state index in [1.807, 2.05) is 5.38 Å². The van der Waals surface area contributed by atoms with E-state index >= 15 is 0 Å². The lowest BCUT2D eigenvalue weighted by Gasteiger charge is -1.97. The SMILES string of the molecule is COC(=O)CCc1csc(-c2ccncc2F)n1. The monoisotopic (exact) mass is 266 g/mol. The van der Waals surface area contributed by atoms with E-state index in [9.17, 15) is 9.18 Å². The predicted octanol–water partition coefficient (Wildman–Crippen LogP) is 2.45. The quantitative estimate of drug-likeness (QED) is 0.798. The molecule has 0 saturated heterocycles. The number of nitrogens with zero attached hydrogens (tertiary/aromatic N) is 2. The molecule has 94 valence electrons. The Morgan fingerprint density at radius 3 is 3.11 bits per heavy atom. The minimum atomic E-state index is -0.397. The fourth-order valence-electron chi connectivity index (χ4n) is 1.43. The summed E-state index contributed by atoms with van der Waals surface area (Å²) in [4.78, 5) is 19.0. The molecule has 4 nitrogen and oxygen atoms in total. The molecule has 0 aliphatic heterocycles. The number of aryl methyl sites for hydroxylation is 1. The molecule has 2 rings (SSSR count). The van der Waals surface area contributed by atoms with E-state index in [1.54, 1.807) is 6.07 Å². The lowest BCUT2D eigenvalue weighted by molar-refractivity contribution is -0.140. The highest BCUT2D eigenvalue weighted by Crippen LogP contribution is 2.25. The van der Waals surface area contributed by atoms with Crippen LogP contribution in [0.5, 0.6) is 0 Å². The molecular weight excluding hydrogens is 255 g/mol. The van der Waals surface area contributed by atoms with Crippen molar-refractivity contribution in [2.24, 2.45) is 0 Å². The topological polar surface area (TPSA) is 52.1 Å². The maximum absolute atomic E-state index is 13.5. The van der Waals surface area contributed by atoms with Gasteiger partial charge in [-0.15, -0.1) is 11.3 Å². The molecule has 0 saturated carbocycles. The Morgan fingerprint density at radius 2 is 2.39 bits per heavy atom. The van der Waals surface area contributed by atoms with Crippen LogP contribution in [0.2, 0.25) is 0 Å². The summed E-state index contributed by atoms with van der Waals surface area (Å²) in [5.74, 6) is -0.675. The van der Waals surface area contributed by atoms with E-state index < -0.39 is 5.82 Å². The van der Waals surface area contributed by atoms with Crippen LogP contribution in [-0.4, -0.2) is 23.0 Å². The standard InChI is InChI=1S/C12H11FN2O2S/c1-17-11(16)3-2-8-7-18-12(15-8)9-4-5-14-6-10(9)13/h4-7H,2-3H2,1H3. The van der Waals surface area contributed by atoms with Gasteiger partial charge in [-0.2, -0.15) is 0 Å². The Balaban J connectivity index is 2.11. The third-order valence-electron chi connectivity index (χ3n) is 2.37. The Kier molecular flexibility index (Phi) is 3.99. The van der Waals surface area contributed by atoms with Crippen molar-refractivity contribution >= 4 is 17.3 Å². The van der Waals surface area contributed by atoms with Crippen molar-refractivity contribution in [1.82, 2.24) is 9.97 Å². The summed E-state index contributed by atoms with van der Waals surface area (Å²) in [7, 11) is 1.35. The molecule has 0 amide bonds. The Bertz CT molecular complexity index is 557. The zero-order valence-corrected chi connectivity index (χ0v) is 10.5. The maximum atomic E-state index is 13.5. The van der Waals surface area contributed by atoms with Gasteiger partial charge in [0.15, 0.2) is 5.82 Å². The van der Waals surface area contributed by atoms with Gasteiger partial charge in [0, 0.05) is 23.6 Å². The van der Waals surface area contributed by atoms with Gasteiger partial charge in [-0.1, -0.05) is 0 Å². The van der Waals surface area contributed by atoms with Gasteiger partial charge in [-0.25, -0.2) is 9.37 Å². The molecule has 6 heteroatoms. The van der Waals surface area contributed by atoms with Crippen molar-refractivity contribution in [1.29, 1.82) is 0 Å². The van der Waals surface area contributed by atoms with Crippen LogP contribution in [0, 0.1) is 5.82 Å². The van der Waals surface area contributed by atoms with Gasteiger partial charge in [-0.3, -0.25) is 9.78 Å². The molecule has 0 bridgehead atoms. The van der Waals surface area contributed by atoms with Crippen LogP contribution >= 0.6 is 11.3 Å². The molecule has 0 N–H and O–H groups in total. The zero-order chi connectivity index (χ0) is 13.0. The molecule has 0 fully saturated rings. The first-order valence-electron chi connectivity index (χ1n) is 5.32. The number of methoxy groups -OCH3 is 1. The van der Waals surface area contributed by atoms with Crippen LogP contribution in [0.15, 0.2) is 23.8 Å². The minimum Gasteiger partial charge on any atom is -0.469 e. The Labute approximate surface area is 107 Å². The van der Waals surface area contributed by atoms with Gasteiger partial charge in [0.25, 0.3) is 0 Å². The van der Waals surface area contributed by atoms with Gasteiger partial charge in [0.2, 0.25) is 0 Å². The molecule has 0 radical (unpaired) electrons. The second kappa shape index (κ2) is 5.68. The molecule has 2 heterocycles. The summed E-state index contributed by atoms with van der Waals surface area (Å²) >= 11 is 1.35. The third-order valence-corrected chi connectivity index (χ3v) is 3.29. The van der Waals surface area contributed by atoms with Gasteiger partial charge in [-0.05, 0) is 6.07 Å². The highest BCUT2D eigenvalue weighted by Gasteiger charge is 2.10. The highest BCUT2D eigenvalue weighted by molar-refractivity contribution is 7.13. The van der Waals surface area contributed by atoms with Crippen molar-refractivity contribution < 1.29 is 13.9 Å². The maximum Gasteiger partial charge on any atom is 0.305 e. The van der Waals surface area contributed by atoms with Crippen molar-refractivity contribution in [3.8, 4) is 10.6 Å². The van der Waals surface area contributed by atoms with Gasteiger partial charge < -0.3 is 4.74 Å². The Morgan fingerprint density at radius 1 is 1.56 bits per heavy atom. The molecule has 0 aliphatic carbocycles. The first-order chi connectivity index (χ1) is 8.70. The largest absolute Gasteiger partial charge is 0.469 e. The van der Waals surface area contributed by atoms with Gasteiger partial charge >= 0.3 is 5.97 Å². The fraction of sp³-hybridized carbons (Fsp3) is 0.250. The summed E-state index contributed by atoms with van der Waals surface area (Å²) in [6, 6.07) is 1.58. The average Bonchev–Trinajstić information content (AvgIpc) is 2.85. The number of carbonyl (C=O) groups excluding carboxylic acids is 1. The number of carbonyl (C=O) groups is 1. The molecule has 0 spiro atoms. The normalized spacial score (nSPS) is 10.3.